The number of rotatable bonds is 6. The summed E-state index contributed by atoms with van der Waals surface area (Å²) in [7, 11) is 4.46. The molecule has 0 unspecified atom stereocenters. The fraction of sp³-hybridized carbons (Fsp3) is 0.200. The molecule has 1 saturated heterocycles. The van der Waals surface area contributed by atoms with E-state index in [1.54, 1.807) is 12.1 Å². The number of benzene rings is 2. The summed E-state index contributed by atoms with van der Waals surface area (Å²) in [6, 6.07) is 7.64. The maximum atomic E-state index is 12.8. The van der Waals surface area contributed by atoms with Gasteiger partial charge in [0.2, 0.25) is 0 Å². The molecule has 2 N–H and O–H groups in total. The minimum atomic E-state index is -0.514. The average Bonchev–Trinajstić information content (AvgIpc) is 2.98. The van der Waals surface area contributed by atoms with Crippen molar-refractivity contribution in [3.05, 3.63) is 46.4 Å². The van der Waals surface area contributed by atoms with Crippen LogP contribution in [0, 0.1) is 0 Å². The number of amides is 2. The van der Waals surface area contributed by atoms with Crippen LogP contribution in [0.25, 0.3) is 6.08 Å². The Morgan fingerprint density at radius 2 is 1.66 bits per heavy atom. The van der Waals surface area contributed by atoms with Crippen LogP contribution in [0.15, 0.2) is 35.2 Å². The Kier molecular flexibility index (Phi) is 5.88. The van der Waals surface area contributed by atoms with Crippen LogP contribution in [0.3, 0.4) is 0 Å². The zero-order valence-corrected chi connectivity index (χ0v) is 16.8. The van der Waals surface area contributed by atoms with Crippen LogP contribution in [-0.2, 0) is 11.3 Å². The maximum Gasteiger partial charge on any atom is 0.293 e. The van der Waals surface area contributed by atoms with Gasteiger partial charge in [-0.15, -0.1) is 0 Å². The fourth-order valence-electron chi connectivity index (χ4n) is 2.83. The highest BCUT2D eigenvalue weighted by Crippen LogP contribution is 2.39. The van der Waals surface area contributed by atoms with Gasteiger partial charge in [-0.3, -0.25) is 14.5 Å². The summed E-state index contributed by atoms with van der Waals surface area (Å²) < 4.78 is 15.9. The molecule has 1 aliphatic rings. The third kappa shape index (κ3) is 3.95. The van der Waals surface area contributed by atoms with Gasteiger partial charge in [0.1, 0.15) is 5.75 Å². The lowest BCUT2D eigenvalue weighted by molar-refractivity contribution is -0.123. The van der Waals surface area contributed by atoms with Crippen molar-refractivity contribution < 1.29 is 34.0 Å². The second-order valence-electron chi connectivity index (χ2n) is 6.00. The molecule has 29 heavy (non-hydrogen) atoms. The van der Waals surface area contributed by atoms with Gasteiger partial charge in [0.25, 0.3) is 11.1 Å². The van der Waals surface area contributed by atoms with E-state index in [0.717, 1.165) is 16.7 Å². The molecule has 0 spiro atoms. The third-order valence-electron chi connectivity index (χ3n) is 4.32. The molecular formula is C20H19NO7S. The van der Waals surface area contributed by atoms with Crippen molar-refractivity contribution in [2.24, 2.45) is 0 Å². The van der Waals surface area contributed by atoms with Crippen molar-refractivity contribution >= 4 is 29.0 Å². The number of ether oxygens (including phenoxy) is 3. The Bertz CT molecular complexity index is 1000. The van der Waals surface area contributed by atoms with Crippen molar-refractivity contribution in [2.45, 2.75) is 6.54 Å². The lowest BCUT2D eigenvalue weighted by Gasteiger charge is -2.17. The summed E-state index contributed by atoms with van der Waals surface area (Å²) >= 11 is 0.751. The molecule has 152 valence electrons. The summed E-state index contributed by atoms with van der Waals surface area (Å²) in [5.74, 6) is 0.154. The number of imide groups is 1. The van der Waals surface area contributed by atoms with Crippen molar-refractivity contribution in [1.82, 2.24) is 4.90 Å². The summed E-state index contributed by atoms with van der Waals surface area (Å²) in [6.07, 6.45) is 1.37. The highest BCUT2D eigenvalue weighted by Gasteiger charge is 2.36. The van der Waals surface area contributed by atoms with E-state index in [1.165, 1.54) is 45.6 Å². The van der Waals surface area contributed by atoms with Gasteiger partial charge in [0.15, 0.2) is 23.0 Å². The zero-order valence-electron chi connectivity index (χ0n) is 16.0. The van der Waals surface area contributed by atoms with E-state index in [2.05, 4.69) is 0 Å². The largest absolute Gasteiger partial charge is 0.504 e. The lowest BCUT2D eigenvalue weighted by atomic mass is 10.1. The zero-order chi connectivity index (χ0) is 21.1. The summed E-state index contributed by atoms with van der Waals surface area (Å²) in [5.41, 5.74) is 0.799. The number of hydrogen-bond acceptors (Lipinski definition) is 8. The molecule has 1 aliphatic heterocycles. The molecule has 9 heteroatoms. The molecule has 8 nitrogen and oxygen atoms in total. The van der Waals surface area contributed by atoms with Crippen molar-refractivity contribution in [2.75, 3.05) is 21.3 Å². The molecule has 0 bridgehead atoms. The van der Waals surface area contributed by atoms with E-state index in [1.807, 2.05) is 0 Å². The number of para-hydroxylation sites is 1. The number of phenolic OH excluding ortho intramolecular Hbond substituents is 2. The van der Waals surface area contributed by atoms with Gasteiger partial charge in [-0.05, 0) is 30.0 Å². The Morgan fingerprint density at radius 1 is 1.00 bits per heavy atom. The van der Waals surface area contributed by atoms with Gasteiger partial charge in [0, 0.05) is 17.2 Å². The van der Waals surface area contributed by atoms with E-state index in [9.17, 15) is 19.8 Å². The van der Waals surface area contributed by atoms with Crippen molar-refractivity contribution in [3.63, 3.8) is 0 Å². The minimum Gasteiger partial charge on any atom is -0.504 e. The van der Waals surface area contributed by atoms with Gasteiger partial charge >= 0.3 is 0 Å². The number of hydrogen-bond donors (Lipinski definition) is 2. The number of methoxy groups -OCH3 is 3. The molecule has 0 saturated carbocycles. The van der Waals surface area contributed by atoms with Crippen molar-refractivity contribution in [3.8, 4) is 28.7 Å². The Hall–Kier alpha value is -3.33. The van der Waals surface area contributed by atoms with E-state index >= 15 is 0 Å². The van der Waals surface area contributed by atoms with Crippen molar-refractivity contribution in [1.29, 1.82) is 0 Å². The molecule has 2 aromatic carbocycles. The van der Waals surface area contributed by atoms with Crippen LogP contribution in [0.5, 0.6) is 28.7 Å². The van der Waals surface area contributed by atoms with Crippen LogP contribution in [0.2, 0.25) is 0 Å². The number of carbonyl (C=O) groups is 2. The number of nitrogens with zero attached hydrogens (tertiary/aromatic N) is 1. The van der Waals surface area contributed by atoms with E-state index in [-0.39, 0.29) is 28.5 Å². The van der Waals surface area contributed by atoms with Gasteiger partial charge in [-0.1, -0.05) is 12.1 Å². The third-order valence-corrected chi connectivity index (χ3v) is 5.23. The molecule has 2 aromatic rings. The Labute approximate surface area is 171 Å². The number of phenols is 2. The molecule has 1 fully saturated rings. The van der Waals surface area contributed by atoms with Crippen LogP contribution < -0.4 is 14.2 Å². The number of thioether (sulfide) groups is 1. The van der Waals surface area contributed by atoms with Gasteiger partial charge < -0.3 is 24.4 Å². The summed E-state index contributed by atoms with van der Waals surface area (Å²) in [6.45, 7) is -0.0302. The molecule has 0 radical (unpaired) electrons. The first-order chi connectivity index (χ1) is 13.9. The molecule has 3 rings (SSSR count). The highest BCUT2D eigenvalue weighted by molar-refractivity contribution is 8.18. The SMILES string of the molecule is COc1cc(OC)c(OC)cc1CN1C(=O)SC(=Cc2cccc(O)c2O)C1=O. The van der Waals surface area contributed by atoms with E-state index < -0.39 is 11.1 Å². The van der Waals surface area contributed by atoms with Crippen LogP contribution in [0.4, 0.5) is 4.79 Å². The van der Waals surface area contributed by atoms with E-state index in [4.69, 9.17) is 14.2 Å². The molecular weight excluding hydrogens is 398 g/mol. The Morgan fingerprint density at radius 3 is 2.31 bits per heavy atom. The minimum absolute atomic E-state index is 0.0302. The second kappa shape index (κ2) is 8.36. The number of carbonyl (C=O) groups excluding carboxylic acids is 2. The molecule has 1 heterocycles. The first-order valence-corrected chi connectivity index (χ1v) is 9.26. The second-order valence-corrected chi connectivity index (χ2v) is 7.00. The molecule has 0 aliphatic carbocycles. The van der Waals surface area contributed by atoms with E-state index in [0.29, 0.717) is 22.8 Å². The predicted molar refractivity (Wildman–Crippen MR) is 107 cm³/mol. The van der Waals surface area contributed by atoms with Crippen LogP contribution in [-0.4, -0.2) is 47.6 Å². The Balaban J connectivity index is 1.91. The standard InChI is InChI=1S/C20H19NO7S/c1-26-14-9-16(28-3)15(27-2)7-12(14)10-21-19(24)17(29-20(21)25)8-11-5-4-6-13(22)18(11)23/h4-9,22-23H,10H2,1-3H3. The highest BCUT2D eigenvalue weighted by atomic mass is 32.2. The number of aromatic hydroxyl groups is 2. The summed E-state index contributed by atoms with van der Waals surface area (Å²) in [4.78, 5) is 26.4. The summed E-state index contributed by atoms with van der Waals surface area (Å²) in [5, 5.41) is 19.1. The first kappa shape index (κ1) is 20.4. The van der Waals surface area contributed by atoms with Crippen LogP contribution in [0.1, 0.15) is 11.1 Å². The fourth-order valence-corrected chi connectivity index (χ4v) is 3.66. The normalized spacial score (nSPS) is 15.1. The molecule has 2 amide bonds. The van der Waals surface area contributed by atoms with Gasteiger partial charge in [-0.25, -0.2) is 0 Å². The average molecular weight is 417 g/mol. The van der Waals surface area contributed by atoms with Gasteiger partial charge in [-0.2, -0.15) is 0 Å². The predicted octanol–water partition coefficient (Wildman–Crippen LogP) is 3.36. The monoisotopic (exact) mass is 417 g/mol. The smallest absolute Gasteiger partial charge is 0.293 e. The molecule has 0 aromatic heterocycles. The molecule has 0 atom stereocenters. The lowest BCUT2D eigenvalue weighted by Crippen LogP contribution is -2.27. The topological polar surface area (TPSA) is 106 Å². The first-order valence-electron chi connectivity index (χ1n) is 8.44. The van der Waals surface area contributed by atoms with Crippen LogP contribution >= 0.6 is 11.8 Å². The quantitative estimate of drug-likeness (QED) is 0.545. The van der Waals surface area contributed by atoms with Gasteiger partial charge in [0.05, 0.1) is 32.8 Å². The maximum absolute atomic E-state index is 12.8.